The van der Waals surface area contributed by atoms with E-state index in [9.17, 15) is 0 Å². The molecule has 0 aromatic rings. The summed E-state index contributed by atoms with van der Waals surface area (Å²) in [7, 11) is 0. The minimum Gasteiger partial charge on any atom is -0.388 e. The van der Waals surface area contributed by atoms with Crippen LogP contribution in [0.25, 0.3) is 0 Å². The molecule has 1 unspecified atom stereocenters. The first-order valence-corrected chi connectivity index (χ1v) is 6.82. The summed E-state index contributed by atoms with van der Waals surface area (Å²) in [5.74, 6) is 0. The number of piperidine rings is 1. The third-order valence-electron chi connectivity index (χ3n) is 4.19. The van der Waals surface area contributed by atoms with Gasteiger partial charge in [0, 0.05) is 17.7 Å². The van der Waals surface area contributed by atoms with E-state index in [-0.39, 0.29) is 0 Å². The molecule has 1 saturated heterocycles. The average Bonchev–Trinajstić information content (AvgIpc) is 2.29. The van der Waals surface area contributed by atoms with Gasteiger partial charge in [0.25, 0.3) is 0 Å². The van der Waals surface area contributed by atoms with E-state index in [2.05, 4.69) is 18.3 Å². The smallest absolute Gasteiger partial charge is 0.0144 e. The van der Waals surface area contributed by atoms with Gasteiger partial charge in [-0.2, -0.15) is 0 Å². The van der Waals surface area contributed by atoms with Crippen LogP contribution in [0, 0.1) is 5.41 Å². The van der Waals surface area contributed by atoms with Crippen LogP contribution in [0.4, 0.5) is 0 Å². The quantitative estimate of drug-likeness (QED) is 0.687. The SMILES string of the molecule is CCCCCC12CCCC=C1NCCC2. The molecule has 0 amide bonds. The van der Waals surface area contributed by atoms with Crippen molar-refractivity contribution in [2.45, 2.75) is 64.7 Å². The van der Waals surface area contributed by atoms with Gasteiger partial charge in [0.15, 0.2) is 0 Å². The van der Waals surface area contributed by atoms with Gasteiger partial charge in [-0.3, -0.25) is 0 Å². The lowest BCUT2D eigenvalue weighted by atomic mass is 9.68. The fourth-order valence-electron chi connectivity index (χ4n) is 3.31. The van der Waals surface area contributed by atoms with Crippen LogP contribution < -0.4 is 5.32 Å². The predicted octanol–water partition coefficient (Wildman–Crippen LogP) is 4.00. The summed E-state index contributed by atoms with van der Waals surface area (Å²) in [5, 5.41) is 3.65. The van der Waals surface area contributed by atoms with Gasteiger partial charge in [-0.05, 0) is 38.5 Å². The molecule has 1 heterocycles. The van der Waals surface area contributed by atoms with Crippen LogP contribution in [0.2, 0.25) is 0 Å². The number of fused-ring (bicyclic) bond motifs is 1. The molecular formula is C14H25N. The summed E-state index contributed by atoms with van der Waals surface area (Å²) in [5.41, 5.74) is 2.18. The molecular weight excluding hydrogens is 182 g/mol. The number of nitrogens with one attached hydrogen (secondary N) is 1. The van der Waals surface area contributed by atoms with Crippen molar-refractivity contribution in [2.24, 2.45) is 5.41 Å². The Morgan fingerprint density at radius 2 is 2.13 bits per heavy atom. The normalized spacial score (nSPS) is 30.3. The van der Waals surface area contributed by atoms with Crippen molar-refractivity contribution in [1.29, 1.82) is 0 Å². The van der Waals surface area contributed by atoms with Crippen molar-refractivity contribution >= 4 is 0 Å². The highest BCUT2D eigenvalue weighted by molar-refractivity contribution is 5.18. The first kappa shape index (κ1) is 11.0. The Kier molecular flexibility index (Phi) is 3.71. The van der Waals surface area contributed by atoms with E-state index in [1.54, 1.807) is 5.70 Å². The Labute approximate surface area is 94.3 Å². The zero-order valence-corrected chi connectivity index (χ0v) is 10.1. The van der Waals surface area contributed by atoms with E-state index in [0.717, 1.165) is 0 Å². The Morgan fingerprint density at radius 1 is 1.27 bits per heavy atom. The third kappa shape index (κ3) is 2.38. The standard InChI is InChI=1S/C14H25N/c1-2-3-5-9-14-10-6-4-8-13(14)15-12-7-11-14/h8,15H,2-7,9-12H2,1H3. The molecule has 1 N–H and O–H groups in total. The Hall–Kier alpha value is -0.460. The second-order valence-corrected chi connectivity index (χ2v) is 5.28. The van der Waals surface area contributed by atoms with Crippen molar-refractivity contribution in [3.8, 4) is 0 Å². The zero-order chi connectivity index (χ0) is 10.6. The van der Waals surface area contributed by atoms with Crippen LogP contribution in [-0.2, 0) is 0 Å². The van der Waals surface area contributed by atoms with Gasteiger partial charge in [-0.25, -0.2) is 0 Å². The van der Waals surface area contributed by atoms with Crippen molar-refractivity contribution < 1.29 is 0 Å². The van der Waals surface area contributed by atoms with E-state index < -0.39 is 0 Å². The van der Waals surface area contributed by atoms with Gasteiger partial charge in [-0.15, -0.1) is 0 Å². The second kappa shape index (κ2) is 5.05. The van der Waals surface area contributed by atoms with E-state index in [0.29, 0.717) is 5.41 Å². The van der Waals surface area contributed by atoms with Gasteiger partial charge in [0.2, 0.25) is 0 Å². The van der Waals surface area contributed by atoms with Gasteiger partial charge < -0.3 is 5.32 Å². The molecule has 1 nitrogen and oxygen atoms in total. The van der Waals surface area contributed by atoms with Crippen molar-refractivity contribution in [3.05, 3.63) is 11.8 Å². The Bertz CT molecular complexity index is 231. The number of hydrogen-bond donors (Lipinski definition) is 1. The maximum Gasteiger partial charge on any atom is 0.0144 e. The molecule has 1 aliphatic carbocycles. The highest BCUT2D eigenvalue weighted by Crippen LogP contribution is 2.46. The first-order chi connectivity index (χ1) is 7.37. The van der Waals surface area contributed by atoms with E-state index in [1.165, 1.54) is 64.3 Å². The summed E-state index contributed by atoms with van der Waals surface area (Å²) in [4.78, 5) is 0. The molecule has 0 saturated carbocycles. The summed E-state index contributed by atoms with van der Waals surface area (Å²) < 4.78 is 0. The van der Waals surface area contributed by atoms with Crippen LogP contribution in [0.5, 0.6) is 0 Å². The van der Waals surface area contributed by atoms with Crippen molar-refractivity contribution in [2.75, 3.05) is 6.54 Å². The highest BCUT2D eigenvalue weighted by atomic mass is 14.9. The van der Waals surface area contributed by atoms with E-state index in [1.807, 2.05) is 0 Å². The summed E-state index contributed by atoms with van der Waals surface area (Å²) >= 11 is 0. The van der Waals surface area contributed by atoms with Gasteiger partial charge in [-0.1, -0.05) is 32.3 Å². The number of rotatable bonds is 4. The first-order valence-electron chi connectivity index (χ1n) is 6.82. The number of allylic oxidation sites excluding steroid dienone is 2. The molecule has 0 aromatic heterocycles. The fraction of sp³-hybridized carbons (Fsp3) is 0.857. The maximum absolute atomic E-state index is 3.65. The van der Waals surface area contributed by atoms with Crippen LogP contribution in [0.15, 0.2) is 11.8 Å². The molecule has 0 bridgehead atoms. The van der Waals surface area contributed by atoms with E-state index in [4.69, 9.17) is 0 Å². The lowest BCUT2D eigenvalue weighted by Gasteiger charge is -2.43. The molecule has 2 aliphatic rings. The minimum absolute atomic E-state index is 0.575. The number of hydrogen-bond acceptors (Lipinski definition) is 1. The van der Waals surface area contributed by atoms with E-state index >= 15 is 0 Å². The lowest BCUT2D eigenvalue weighted by molar-refractivity contribution is 0.204. The Balaban J connectivity index is 2.00. The molecule has 1 fully saturated rings. The fourth-order valence-corrected chi connectivity index (χ4v) is 3.31. The predicted molar refractivity (Wildman–Crippen MR) is 65.7 cm³/mol. The highest BCUT2D eigenvalue weighted by Gasteiger charge is 2.36. The van der Waals surface area contributed by atoms with Crippen LogP contribution >= 0.6 is 0 Å². The second-order valence-electron chi connectivity index (χ2n) is 5.28. The topological polar surface area (TPSA) is 12.0 Å². The average molecular weight is 207 g/mol. The van der Waals surface area contributed by atoms with Crippen LogP contribution in [0.1, 0.15) is 64.7 Å². The van der Waals surface area contributed by atoms with Gasteiger partial charge in [0.05, 0.1) is 0 Å². The van der Waals surface area contributed by atoms with Crippen LogP contribution in [0.3, 0.4) is 0 Å². The molecule has 86 valence electrons. The van der Waals surface area contributed by atoms with Gasteiger partial charge >= 0.3 is 0 Å². The molecule has 0 aromatic carbocycles. The van der Waals surface area contributed by atoms with Gasteiger partial charge in [0.1, 0.15) is 0 Å². The molecule has 2 rings (SSSR count). The summed E-state index contributed by atoms with van der Waals surface area (Å²) in [6.45, 7) is 3.51. The maximum atomic E-state index is 3.65. The molecule has 1 heteroatoms. The zero-order valence-electron chi connectivity index (χ0n) is 10.1. The Morgan fingerprint density at radius 3 is 3.00 bits per heavy atom. The molecule has 0 radical (unpaired) electrons. The minimum atomic E-state index is 0.575. The van der Waals surface area contributed by atoms with Crippen molar-refractivity contribution in [1.82, 2.24) is 5.32 Å². The largest absolute Gasteiger partial charge is 0.388 e. The molecule has 15 heavy (non-hydrogen) atoms. The molecule has 1 aliphatic heterocycles. The van der Waals surface area contributed by atoms with Crippen molar-refractivity contribution in [3.63, 3.8) is 0 Å². The molecule has 0 spiro atoms. The third-order valence-corrected chi connectivity index (χ3v) is 4.19. The molecule has 1 atom stereocenters. The lowest BCUT2D eigenvalue weighted by Crippen LogP contribution is -2.39. The monoisotopic (exact) mass is 207 g/mol. The summed E-state index contributed by atoms with van der Waals surface area (Å²) in [6.07, 6.45) is 15.1. The van der Waals surface area contributed by atoms with Crippen LogP contribution in [-0.4, -0.2) is 6.54 Å². The number of unbranched alkanes of at least 4 members (excludes halogenated alkanes) is 2. The summed E-state index contributed by atoms with van der Waals surface area (Å²) in [6, 6.07) is 0.